The zero-order valence-corrected chi connectivity index (χ0v) is 17.7. The summed E-state index contributed by atoms with van der Waals surface area (Å²) >= 11 is 8.57. The van der Waals surface area contributed by atoms with Gasteiger partial charge < -0.3 is 9.47 Å². The molecular formula is C18H21BrN2O4S. The normalized spacial score (nSPS) is 15.0. The average Bonchev–Trinajstić information content (AvgIpc) is 2.58. The first-order valence-electron chi connectivity index (χ1n) is 8.12. The number of carbonyl (C=O) groups is 2. The van der Waals surface area contributed by atoms with E-state index >= 15 is 0 Å². The topological polar surface area (TPSA) is 59.1 Å². The number of ether oxygens (including phenoxy) is 2. The fourth-order valence-electron chi connectivity index (χ4n) is 2.41. The highest BCUT2D eigenvalue weighted by molar-refractivity contribution is 9.10. The molecule has 26 heavy (non-hydrogen) atoms. The summed E-state index contributed by atoms with van der Waals surface area (Å²) in [6.07, 6.45) is 1.51. The zero-order chi connectivity index (χ0) is 19.6. The van der Waals surface area contributed by atoms with Crippen molar-refractivity contribution in [2.45, 2.75) is 26.9 Å². The smallest absolute Gasteiger partial charge is 0.265 e. The quantitative estimate of drug-likeness (QED) is 0.399. The van der Waals surface area contributed by atoms with E-state index in [0.717, 1.165) is 0 Å². The van der Waals surface area contributed by atoms with Crippen LogP contribution in [0.25, 0.3) is 6.08 Å². The van der Waals surface area contributed by atoms with E-state index in [0.29, 0.717) is 28.1 Å². The highest BCUT2D eigenvalue weighted by Gasteiger charge is 2.35. The Morgan fingerprint density at radius 2 is 1.73 bits per heavy atom. The van der Waals surface area contributed by atoms with E-state index in [-0.39, 0.29) is 16.8 Å². The first kappa shape index (κ1) is 20.4. The van der Waals surface area contributed by atoms with Crippen LogP contribution in [0.15, 0.2) is 22.2 Å². The highest BCUT2D eigenvalue weighted by Crippen LogP contribution is 2.36. The Hall–Kier alpha value is -1.93. The van der Waals surface area contributed by atoms with Crippen molar-refractivity contribution in [2.24, 2.45) is 0 Å². The second-order valence-corrected chi connectivity index (χ2v) is 7.21. The maximum absolute atomic E-state index is 12.5. The van der Waals surface area contributed by atoms with Crippen LogP contribution in [0, 0.1) is 0 Å². The molecule has 1 aliphatic heterocycles. The Balaban J connectivity index is 2.52. The molecule has 1 heterocycles. The third-order valence-corrected chi connectivity index (χ3v) is 4.90. The second kappa shape index (κ2) is 8.18. The summed E-state index contributed by atoms with van der Waals surface area (Å²) in [5, 5.41) is 0.173. The summed E-state index contributed by atoms with van der Waals surface area (Å²) < 4.78 is 12.1. The van der Waals surface area contributed by atoms with E-state index in [1.807, 2.05) is 20.8 Å². The molecule has 0 unspecified atom stereocenters. The molecule has 0 saturated carbocycles. The minimum atomic E-state index is -0.439. The molecule has 0 N–H and O–H groups in total. The Kier molecular flexibility index (Phi) is 6.41. The number of hydrogen-bond donors (Lipinski definition) is 0. The fourth-order valence-corrected chi connectivity index (χ4v) is 3.01. The van der Waals surface area contributed by atoms with Crippen molar-refractivity contribution in [3.63, 3.8) is 0 Å². The van der Waals surface area contributed by atoms with E-state index in [1.54, 1.807) is 26.2 Å². The monoisotopic (exact) mass is 440 g/mol. The number of amides is 2. The number of halogens is 1. The van der Waals surface area contributed by atoms with Gasteiger partial charge in [0.05, 0.1) is 12.7 Å². The fraction of sp³-hybridized carbons (Fsp3) is 0.389. The lowest BCUT2D eigenvalue weighted by Gasteiger charge is -2.31. The summed E-state index contributed by atoms with van der Waals surface area (Å²) in [5.74, 6) is 0.257. The number of likely N-dealkylation sites (N-methyl/N-ethyl adjacent to an activating group) is 2. The van der Waals surface area contributed by atoms with Gasteiger partial charge in [0, 0.05) is 18.6 Å². The van der Waals surface area contributed by atoms with Gasteiger partial charge in [-0.25, -0.2) is 0 Å². The van der Waals surface area contributed by atoms with Gasteiger partial charge in [-0.2, -0.15) is 0 Å². The van der Waals surface area contributed by atoms with Crippen molar-refractivity contribution < 1.29 is 19.1 Å². The minimum Gasteiger partial charge on any atom is -0.490 e. The van der Waals surface area contributed by atoms with Crippen LogP contribution in [-0.2, 0) is 9.59 Å². The Labute approximate surface area is 166 Å². The molecule has 0 bridgehead atoms. The van der Waals surface area contributed by atoms with Gasteiger partial charge in [-0.05, 0) is 56.8 Å². The van der Waals surface area contributed by atoms with Gasteiger partial charge in [0.1, 0.15) is 5.57 Å². The maximum Gasteiger partial charge on any atom is 0.265 e. The second-order valence-electron chi connectivity index (χ2n) is 5.99. The summed E-state index contributed by atoms with van der Waals surface area (Å²) in [6.45, 7) is 6.18. The molecule has 1 fully saturated rings. The van der Waals surface area contributed by atoms with Crippen LogP contribution < -0.4 is 9.47 Å². The van der Waals surface area contributed by atoms with Crippen LogP contribution in [0.2, 0.25) is 0 Å². The van der Waals surface area contributed by atoms with E-state index in [2.05, 4.69) is 15.9 Å². The molecule has 0 radical (unpaired) electrons. The number of carbonyl (C=O) groups excluding carboxylic acids is 2. The molecule has 1 aromatic rings. The first-order chi connectivity index (χ1) is 12.2. The van der Waals surface area contributed by atoms with Crippen molar-refractivity contribution in [1.82, 2.24) is 9.80 Å². The summed E-state index contributed by atoms with van der Waals surface area (Å²) in [5.41, 5.74) is 0.667. The molecular weight excluding hydrogens is 420 g/mol. The zero-order valence-electron chi connectivity index (χ0n) is 15.3. The molecule has 0 aromatic heterocycles. The maximum atomic E-state index is 12.5. The number of benzene rings is 1. The van der Waals surface area contributed by atoms with Gasteiger partial charge in [-0.1, -0.05) is 15.9 Å². The van der Waals surface area contributed by atoms with Crippen LogP contribution in [0.3, 0.4) is 0 Å². The summed E-state index contributed by atoms with van der Waals surface area (Å²) in [6, 6.07) is 3.51. The molecule has 0 aliphatic carbocycles. The molecule has 140 valence electrons. The molecule has 0 spiro atoms. The molecule has 2 rings (SSSR count). The highest BCUT2D eigenvalue weighted by atomic mass is 79.9. The van der Waals surface area contributed by atoms with Crippen LogP contribution in [-0.4, -0.2) is 53.5 Å². The molecule has 1 aromatic carbocycles. The Morgan fingerprint density at radius 3 is 2.23 bits per heavy atom. The van der Waals surface area contributed by atoms with Crippen LogP contribution in [0.1, 0.15) is 26.3 Å². The third-order valence-electron chi connectivity index (χ3n) is 3.67. The van der Waals surface area contributed by atoms with E-state index in [4.69, 9.17) is 21.7 Å². The van der Waals surface area contributed by atoms with Crippen molar-refractivity contribution >= 4 is 51.2 Å². The predicted molar refractivity (Wildman–Crippen MR) is 107 cm³/mol. The van der Waals surface area contributed by atoms with E-state index in [1.165, 1.54) is 15.9 Å². The van der Waals surface area contributed by atoms with E-state index in [9.17, 15) is 9.59 Å². The van der Waals surface area contributed by atoms with Gasteiger partial charge in [-0.15, -0.1) is 0 Å². The standard InChI is InChI=1S/C18H21BrN2O4S/c1-6-24-14-8-11(13(19)9-15(14)25-10(2)3)7-12-16(22)20(4)18(26)21(5)17(12)23/h7-10H,6H2,1-5H3. The Bertz CT molecular complexity index is 766. The predicted octanol–water partition coefficient (Wildman–Crippen LogP) is 3.23. The largest absolute Gasteiger partial charge is 0.490 e. The molecule has 8 heteroatoms. The Morgan fingerprint density at radius 1 is 1.15 bits per heavy atom. The lowest BCUT2D eigenvalue weighted by molar-refractivity contribution is -0.132. The van der Waals surface area contributed by atoms with Crippen LogP contribution >= 0.6 is 28.1 Å². The van der Waals surface area contributed by atoms with Gasteiger partial charge in [0.25, 0.3) is 11.8 Å². The average molecular weight is 441 g/mol. The molecule has 2 amide bonds. The van der Waals surface area contributed by atoms with Crippen LogP contribution in [0.5, 0.6) is 11.5 Å². The number of thiocarbonyl (C=S) groups is 1. The minimum absolute atomic E-state index is 0.0184. The number of hydrogen-bond acceptors (Lipinski definition) is 5. The molecule has 6 nitrogen and oxygen atoms in total. The van der Waals surface area contributed by atoms with Crippen molar-refractivity contribution in [3.05, 3.63) is 27.7 Å². The van der Waals surface area contributed by atoms with Crippen molar-refractivity contribution in [2.75, 3.05) is 20.7 Å². The first-order valence-corrected chi connectivity index (χ1v) is 9.32. The van der Waals surface area contributed by atoms with E-state index < -0.39 is 11.8 Å². The molecule has 0 atom stereocenters. The lowest BCUT2D eigenvalue weighted by Crippen LogP contribution is -2.52. The molecule has 1 saturated heterocycles. The van der Waals surface area contributed by atoms with Gasteiger partial charge in [-0.3, -0.25) is 19.4 Å². The molecule has 1 aliphatic rings. The summed E-state index contributed by atoms with van der Waals surface area (Å²) in [7, 11) is 3.09. The van der Waals surface area contributed by atoms with Crippen molar-refractivity contribution in [1.29, 1.82) is 0 Å². The lowest BCUT2D eigenvalue weighted by atomic mass is 10.1. The number of rotatable bonds is 5. The van der Waals surface area contributed by atoms with Gasteiger partial charge >= 0.3 is 0 Å². The van der Waals surface area contributed by atoms with Gasteiger partial charge in [0.2, 0.25) is 0 Å². The SMILES string of the molecule is CCOc1cc(C=C2C(=O)N(C)C(=S)N(C)C2=O)c(Br)cc1OC(C)C. The summed E-state index contributed by atoms with van der Waals surface area (Å²) in [4.78, 5) is 27.5. The third kappa shape index (κ3) is 4.07. The van der Waals surface area contributed by atoms with Gasteiger partial charge in [0.15, 0.2) is 16.6 Å². The number of nitrogens with zero attached hydrogens (tertiary/aromatic N) is 2. The van der Waals surface area contributed by atoms with Crippen LogP contribution in [0.4, 0.5) is 0 Å². The van der Waals surface area contributed by atoms with Crippen molar-refractivity contribution in [3.8, 4) is 11.5 Å².